The topological polar surface area (TPSA) is 50.8 Å². The molecule has 0 radical (unpaired) electrons. The fraction of sp³-hybridized carbons (Fsp3) is 0.167. The van der Waals surface area contributed by atoms with E-state index in [1.54, 1.807) is 6.07 Å². The van der Waals surface area contributed by atoms with E-state index in [0.29, 0.717) is 6.07 Å². The Kier molecular flexibility index (Phi) is 3.36. The zero-order valence-corrected chi connectivity index (χ0v) is 10.1. The highest BCUT2D eigenvalue weighted by Crippen LogP contribution is 2.32. The van der Waals surface area contributed by atoms with E-state index >= 15 is 0 Å². The van der Waals surface area contributed by atoms with E-state index in [4.69, 9.17) is 10.00 Å². The van der Waals surface area contributed by atoms with Gasteiger partial charge in [-0.1, -0.05) is 0 Å². The SMILES string of the molecule is Cn1nc(C(F)(F)F)cc1Oc1cc(F)cc(C#N)c1. The van der Waals surface area contributed by atoms with Gasteiger partial charge in [0.05, 0.1) is 11.6 Å². The molecule has 0 spiro atoms. The van der Waals surface area contributed by atoms with Gasteiger partial charge in [-0.2, -0.15) is 23.5 Å². The maximum absolute atomic E-state index is 13.2. The molecule has 0 bridgehead atoms. The van der Waals surface area contributed by atoms with Crippen molar-refractivity contribution >= 4 is 0 Å². The number of benzene rings is 1. The molecule has 0 atom stereocenters. The van der Waals surface area contributed by atoms with Crippen molar-refractivity contribution in [1.82, 2.24) is 9.78 Å². The van der Waals surface area contributed by atoms with Gasteiger partial charge in [0.25, 0.3) is 0 Å². The summed E-state index contributed by atoms with van der Waals surface area (Å²) in [6.07, 6.45) is -4.60. The summed E-state index contributed by atoms with van der Waals surface area (Å²) in [6.45, 7) is 0. The van der Waals surface area contributed by atoms with E-state index in [2.05, 4.69) is 5.10 Å². The Balaban J connectivity index is 2.33. The predicted octanol–water partition coefficient (Wildman–Crippen LogP) is 3.24. The summed E-state index contributed by atoms with van der Waals surface area (Å²) in [5.41, 5.74) is -1.12. The number of rotatable bonds is 2. The lowest BCUT2D eigenvalue weighted by Crippen LogP contribution is -2.06. The van der Waals surface area contributed by atoms with Crippen LogP contribution in [0.1, 0.15) is 11.3 Å². The van der Waals surface area contributed by atoms with Crippen LogP contribution in [0.15, 0.2) is 24.3 Å². The Hall–Kier alpha value is -2.56. The minimum atomic E-state index is -4.60. The molecule has 1 aromatic heterocycles. The van der Waals surface area contributed by atoms with E-state index in [0.717, 1.165) is 16.8 Å². The van der Waals surface area contributed by atoms with Crippen LogP contribution < -0.4 is 4.74 Å². The Labute approximate surface area is 110 Å². The Morgan fingerprint density at radius 3 is 2.50 bits per heavy atom. The standard InChI is InChI=1S/C12H7F4N3O/c1-19-11(5-10(18-19)12(14,15)16)20-9-3-7(6-17)2-8(13)4-9/h2-5H,1H3. The highest BCUT2D eigenvalue weighted by molar-refractivity contribution is 5.38. The van der Waals surface area contributed by atoms with E-state index in [1.807, 2.05) is 0 Å². The van der Waals surface area contributed by atoms with Crippen molar-refractivity contribution in [3.05, 3.63) is 41.3 Å². The number of hydrogen-bond acceptors (Lipinski definition) is 3. The fourth-order valence-corrected chi connectivity index (χ4v) is 1.49. The lowest BCUT2D eigenvalue weighted by atomic mass is 10.2. The molecule has 0 N–H and O–H groups in total. The zero-order chi connectivity index (χ0) is 14.9. The molecule has 20 heavy (non-hydrogen) atoms. The van der Waals surface area contributed by atoms with Gasteiger partial charge in [-0.25, -0.2) is 9.07 Å². The summed E-state index contributed by atoms with van der Waals surface area (Å²) >= 11 is 0. The summed E-state index contributed by atoms with van der Waals surface area (Å²) < 4.78 is 56.6. The fourth-order valence-electron chi connectivity index (χ4n) is 1.49. The smallest absolute Gasteiger partial charge is 0.435 e. The molecule has 2 rings (SSSR count). The Morgan fingerprint density at radius 1 is 1.25 bits per heavy atom. The third-order valence-corrected chi connectivity index (χ3v) is 2.35. The molecule has 8 heteroatoms. The lowest BCUT2D eigenvalue weighted by molar-refractivity contribution is -0.141. The quantitative estimate of drug-likeness (QED) is 0.796. The van der Waals surface area contributed by atoms with E-state index in [9.17, 15) is 17.6 Å². The number of hydrogen-bond donors (Lipinski definition) is 0. The monoisotopic (exact) mass is 285 g/mol. The maximum Gasteiger partial charge on any atom is 0.435 e. The minimum absolute atomic E-state index is 0.00165. The molecule has 0 amide bonds. The molecule has 4 nitrogen and oxygen atoms in total. The van der Waals surface area contributed by atoms with Gasteiger partial charge < -0.3 is 4.74 Å². The second-order valence-electron chi connectivity index (χ2n) is 3.88. The number of aryl methyl sites for hydroxylation is 1. The molecule has 0 aliphatic rings. The van der Waals surface area contributed by atoms with Crippen molar-refractivity contribution in [1.29, 1.82) is 5.26 Å². The van der Waals surface area contributed by atoms with E-state index in [-0.39, 0.29) is 17.2 Å². The number of ether oxygens (including phenoxy) is 1. The molecule has 0 fully saturated rings. The minimum Gasteiger partial charge on any atom is -0.439 e. The summed E-state index contributed by atoms with van der Waals surface area (Å²) in [5, 5.41) is 11.9. The van der Waals surface area contributed by atoms with Gasteiger partial charge >= 0.3 is 6.18 Å². The molecule has 2 aromatic rings. The maximum atomic E-state index is 13.2. The molecule has 1 aromatic carbocycles. The average molecular weight is 285 g/mol. The van der Waals surface area contributed by atoms with Gasteiger partial charge in [0.2, 0.25) is 5.88 Å². The summed E-state index contributed by atoms with van der Waals surface area (Å²) in [4.78, 5) is 0. The average Bonchev–Trinajstić information content (AvgIpc) is 2.70. The number of alkyl halides is 3. The number of halogens is 4. The molecule has 0 aliphatic carbocycles. The first-order valence-corrected chi connectivity index (χ1v) is 5.29. The molecule has 0 unspecified atom stereocenters. The van der Waals surface area contributed by atoms with Gasteiger partial charge in [-0.05, 0) is 12.1 Å². The van der Waals surface area contributed by atoms with Gasteiger partial charge in [0.15, 0.2) is 5.69 Å². The third kappa shape index (κ3) is 2.88. The summed E-state index contributed by atoms with van der Waals surface area (Å²) in [6, 6.07) is 5.56. The van der Waals surface area contributed by atoms with Crippen molar-refractivity contribution in [2.24, 2.45) is 7.05 Å². The molecule has 1 heterocycles. The molecule has 0 aliphatic heterocycles. The van der Waals surface area contributed by atoms with Gasteiger partial charge in [0, 0.05) is 19.2 Å². The molecule has 0 saturated heterocycles. The third-order valence-electron chi connectivity index (χ3n) is 2.35. The summed E-state index contributed by atoms with van der Waals surface area (Å²) in [5.74, 6) is -1.03. The number of nitriles is 1. The van der Waals surface area contributed by atoms with Crippen LogP contribution in [0.25, 0.3) is 0 Å². The first-order valence-electron chi connectivity index (χ1n) is 5.29. The van der Waals surface area contributed by atoms with Crippen LogP contribution in [0.4, 0.5) is 17.6 Å². The largest absolute Gasteiger partial charge is 0.439 e. The molecular formula is C12H7F4N3O. The van der Waals surface area contributed by atoms with Gasteiger partial charge in [-0.3, -0.25) is 0 Å². The Bertz CT molecular complexity index is 685. The van der Waals surface area contributed by atoms with Crippen molar-refractivity contribution in [3.63, 3.8) is 0 Å². The van der Waals surface area contributed by atoms with Crippen LogP contribution in [-0.2, 0) is 13.2 Å². The second-order valence-corrected chi connectivity index (χ2v) is 3.88. The van der Waals surface area contributed by atoms with Crippen LogP contribution in [-0.4, -0.2) is 9.78 Å². The first kappa shape index (κ1) is 13.9. The molecular weight excluding hydrogens is 278 g/mol. The summed E-state index contributed by atoms with van der Waals surface area (Å²) in [7, 11) is 1.26. The van der Waals surface area contributed by atoms with Crippen LogP contribution in [0.2, 0.25) is 0 Å². The van der Waals surface area contributed by atoms with Crippen molar-refractivity contribution in [2.75, 3.05) is 0 Å². The zero-order valence-electron chi connectivity index (χ0n) is 10.1. The van der Waals surface area contributed by atoms with Crippen molar-refractivity contribution in [3.8, 4) is 17.7 Å². The van der Waals surface area contributed by atoms with Crippen molar-refractivity contribution in [2.45, 2.75) is 6.18 Å². The normalized spacial score (nSPS) is 11.2. The Morgan fingerprint density at radius 2 is 1.95 bits per heavy atom. The van der Waals surface area contributed by atoms with Crippen LogP contribution in [0, 0.1) is 17.1 Å². The van der Waals surface area contributed by atoms with Gasteiger partial charge in [-0.15, -0.1) is 0 Å². The van der Waals surface area contributed by atoms with E-state index < -0.39 is 17.7 Å². The van der Waals surface area contributed by atoms with Crippen LogP contribution in [0.3, 0.4) is 0 Å². The van der Waals surface area contributed by atoms with Crippen LogP contribution >= 0.6 is 0 Å². The highest BCUT2D eigenvalue weighted by Gasteiger charge is 2.35. The number of nitrogens with zero attached hydrogens (tertiary/aromatic N) is 3. The van der Waals surface area contributed by atoms with Crippen molar-refractivity contribution < 1.29 is 22.3 Å². The molecule has 104 valence electrons. The molecule has 0 saturated carbocycles. The van der Waals surface area contributed by atoms with E-state index in [1.165, 1.54) is 13.1 Å². The predicted molar refractivity (Wildman–Crippen MR) is 59.4 cm³/mol. The van der Waals surface area contributed by atoms with Gasteiger partial charge in [0.1, 0.15) is 11.6 Å². The second kappa shape index (κ2) is 4.85. The lowest BCUT2D eigenvalue weighted by Gasteiger charge is -2.05. The first-order chi connectivity index (χ1) is 9.29. The van der Waals surface area contributed by atoms with Crippen LogP contribution in [0.5, 0.6) is 11.6 Å². The number of aromatic nitrogens is 2. The highest BCUT2D eigenvalue weighted by atomic mass is 19.4.